The number of methoxy groups -OCH3 is 1. The summed E-state index contributed by atoms with van der Waals surface area (Å²) in [5, 5.41) is 2.69. The van der Waals surface area contributed by atoms with Crippen LogP contribution in [0.3, 0.4) is 0 Å². The number of ether oxygens (including phenoxy) is 1. The van der Waals surface area contributed by atoms with Crippen LogP contribution in [-0.2, 0) is 20.2 Å². The molecule has 184 valence electrons. The van der Waals surface area contributed by atoms with E-state index in [2.05, 4.69) is 26.1 Å². The summed E-state index contributed by atoms with van der Waals surface area (Å²) in [4.78, 5) is 25.7. The highest BCUT2D eigenvalue weighted by Crippen LogP contribution is 2.24. The summed E-state index contributed by atoms with van der Waals surface area (Å²) >= 11 is 0. The molecule has 3 aromatic carbocycles. The Morgan fingerprint density at radius 3 is 2.09 bits per heavy atom. The summed E-state index contributed by atoms with van der Waals surface area (Å²) in [6.07, 6.45) is 1.04. The Morgan fingerprint density at radius 1 is 0.914 bits per heavy atom. The lowest BCUT2D eigenvalue weighted by Crippen LogP contribution is -2.37. The molecule has 8 heteroatoms. The predicted molar refractivity (Wildman–Crippen MR) is 139 cm³/mol. The van der Waals surface area contributed by atoms with E-state index in [1.54, 1.807) is 60.7 Å². The molecule has 0 unspecified atom stereocenters. The van der Waals surface area contributed by atoms with E-state index >= 15 is 0 Å². The summed E-state index contributed by atoms with van der Waals surface area (Å²) in [6.45, 7) is 5.90. The van der Waals surface area contributed by atoms with Crippen LogP contribution in [0.25, 0.3) is 0 Å². The normalized spacial score (nSPS) is 11.6. The average Bonchev–Trinajstić information content (AvgIpc) is 2.81. The maximum atomic E-state index is 13.0. The molecule has 1 amide bonds. The van der Waals surface area contributed by atoms with Crippen LogP contribution in [0.4, 0.5) is 11.4 Å². The molecule has 0 aliphatic carbocycles. The van der Waals surface area contributed by atoms with Gasteiger partial charge in [0.15, 0.2) is 5.78 Å². The molecule has 0 fully saturated rings. The van der Waals surface area contributed by atoms with Gasteiger partial charge in [-0.1, -0.05) is 57.2 Å². The SMILES string of the molecule is COc1ccc(N(CC(=O)Nc2cccc(C(=O)c3ccc(C(C)(C)C)cc3)c2)S(C)(=O)=O)cc1. The quantitative estimate of drug-likeness (QED) is 0.461. The van der Waals surface area contributed by atoms with Crippen LogP contribution in [0.15, 0.2) is 72.8 Å². The second-order valence-electron chi connectivity index (χ2n) is 9.25. The van der Waals surface area contributed by atoms with Gasteiger partial charge in [-0.25, -0.2) is 8.42 Å². The third-order valence-corrected chi connectivity index (χ3v) is 6.61. The van der Waals surface area contributed by atoms with Crippen LogP contribution in [0.1, 0.15) is 42.3 Å². The van der Waals surface area contributed by atoms with Gasteiger partial charge >= 0.3 is 0 Å². The second-order valence-corrected chi connectivity index (χ2v) is 11.2. The van der Waals surface area contributed by atoms with Crippen molar-refractivity contribution < 1.29 is 22.7 Å². The van der Waals surface area contributed by atoms with Gasteiger partial charge in [0.25, 0.3) is 0 Å². The molecule has 0 saturated heterocycles. The standard InChI is InChI=1S/C27H30N2O5S/c1-27(2,3)21-11-9-19(10-12-21)26(31)20-7-6-8-22(17-20)28-25(30)18-29(35(5,32)33)23-13-15-24(34-4)16-14-23/h6-17H,18H2,1-5H3,(H,28,30). The summed E-state index contributed by atoms with van der Waals surface area (Å²) < 4.78 is 30.8. The number of carbonyl (C=O) groups is 2. The van der Waals surface area contributed by atoms with Crippen molar-refractivity contribution in [2.24, 2.45) is 0 Å². The van der Waals surface area contributed by atoms with Gasteiger partial charge in [0.1, 0.15) is 12.3 Å². The lowest BCUT2D eigenvalue weighted by atomic mass is 9.86. The predicted octanol–water partition coefficient (Wildman–Crippen LogP) is 4.63. The number of nitrogens with zero attached hydrogens (tertiary/aromatic N) is 1. The van der Waals surface area contributed by atoms with Crippen molar-refractivity contribution in [3.63, 3.8) is 0 Å². The summed E-state index contributed by atoms with van der Waals surface area (Å²) in [6, 6.07) is 20.4. The van der Waals surface area contributed by atoms with Crippen molar-refractivity contribution in [2.75, 3.05) is 29.5 Å². The molecule has 0 atom stereocenters. The van der Waals surface area contributed by atoms with Crippen LogP contribution in [-0.4, -0.2) is 40.0 Å². The second kappa shape index (κ2) is 10.3. The number of nitrogens with one attached hydrogen (secondary N) is 1. The Morgan fingerprint density at radius 2 is 1.54 bits per heavy atom. The van der Waals surface area contributed by atoms with E-state index < -0.39 is 22.5 Å². The highest BCUT2D eigenvalue weighted by atomic mass is 32.2. The van der Waals surface area contributed by atoms with Crippen LogP contribution >= 0.6 is 0 Å². The first-order valence-electron chi connectivity index (χ1n) is 11.1. The van der Waals surface area contributed by atoms with Gasteiger partial charge in [-0.05, 0) is 47.4 Å². The van der Waals surface area contributed by atoms with E-state index in [1.807, 2.05) is 12.1 Å². The van der Waals surface area contributed by atoms with E-state index in [0.717, 1.165) is 16.1 Å². The molecular formula is C27H30N2O5S. The van der Waals surface area contributed by atoms with Gasteiger partial charge in [-0.15, -0.1) is 0 Å². The van der Waals surface area contributed by atoms with Crippen molar-refractivity contribution in [1.82, 2.24) is 0 Å². The number of amides is 1. The smallest absolute Gasteiger partial charge is 0.245 e. The number of hydrogen-bond donors (Lipinski definition) is 1. The van der Waals surface area contributed by atoms with E-state index in [-0.39, 0.29) is 11.2 Å². The third kappa shape index (κ3) is 6.70. The molecule has 0 heterocycles. The average molecular weight is 495 g/mol. The van der Waals surface area contributed by atoms with Gasteiger partial charge in [0.05, 0.1) is 19.1 Å². The molecule has 0 bridgehead atoms. The van der Waals surface area contributed by atoms with Crippen LogP contribution in [0, 0.1) is 0 Å². The van der Waals surface area contributed by atoms with Crippen molar-refractivity contribution >= 4 is 33.1 Å². The number of rotatable bonds is 8. The Labute approximate surface area is 206 Å². The highest BCUT2D eigenvalue weighted by molar-refractivity contribution is 7.92. The fraction of sp³-hybridized carbons (Fsp3) is 0.259. The Balaban J connectivity index is 1.75. The van der Waals surface area contributed by atoms with E-state index in [4.69, 9.17) is 4.74 Å². The van der Waals surface area contributed by atoms with E-state index in [9.17, 15) is 18.0 Å². The summed E-state index contributed by atoms with van der Waals surface area (Å²) in [5.74, 6) is -0.135. The summed E-state index contributed by atoms with van der Waals surface area (Å²) in [7, 11) is -2.21. The third-order valence-electron chi connectivity index (χ3n) is 5.47. The topological polar surface area (TPSA) is 92.8 Å². The number of hydrogen-bond acceptors (Lipinski definition) is 5. The minimum atomic E-state index is -3.72. The number of benzene rings is 3. The molecule has 35 heavy (non-hydrogen) atoms. The van der Waals surface area contributed by atoms with Crippen LogP contribution in [0.2, 0.25) is 0 Å². The van der Waals surface area contributed by atoms with Crippen LogP contribution in [0.5, 0.6) is 5.75 Å². The molecule has 0 saturated carbocycles. The fourth-order valence-electron chi connectivity index (χ4n) is 3.51. The zero-order valence-electron chi connectivity index (χ0n) is 20.5. The highest BCUT2D eigenvalue weighted by Gasteiger charge is 2.21. The zero-order valence-corrected chi connectivity index (χ0v) is 21.3. The lowest BCUT2D eigenvalue weighted by molar-refractivity contribution is -0.114. The monoisotopic (exact) mass is 494 g/mol. The Kier molecular flexibility index (Phi) is 7.65. The molecular weight excluding hydrogens is 464 g/mol. The van der Waals surface area contributed by atoms with Gasteiger partial charge in [0.2, 0.25) is 15.9 Å². The van der Waals surface area contributed by atoms with Crippen molar-refractivity contribution in [3.8, 4) is 5.75 Å². The lowest BCUT2D eigenvalue weighted by Gasteiger charge is -2.22. The first-order chi connectivity index (χ1) is 16.4. The Hall–Kier alpha value is -3.65. The summed E-state index contributed by atoms with van der Waals surface area (Å²) in [5.41, 5.74) is 2.81. The van der Waals surface area contributed by atoms with Gasteiger partial charge < -0.3 is 10.1 Å². The van der Waals surface area contributed by atoms with Gasteiger partial charge in [0, 0.05) is 16.8 Å². The zero-order chi connectivity index (χ0) is 25.8. The van der Waals surface area contributed by atoms with Gasteiger partial charge in [-0.2, -0.15) is 0 Å². The fourth-order valence-corrected chi connectivity index (χ4v) is 4.36. The molecule has 0 radical (unpaired) electrons. The van der Waals surface area contributed by atoms with E-state index in [0.29, 0.717) is 28.3 Å². The maximum absolute atomic E-state index is 13.0. The largest absolute Gasteiger partial charge is 0.497 e. The number of anilines is 2. The minimum absolute atomic E-state index is 0.0164. The van der Waals surface area contributed by atoms with Crippen molar-refractivity contribution in [2.45, 2.75) is 26.2 Å². The van der Waals surface area contributed by atoms with Crippen molar-refractivity contribution in [1.29, 1.82) is 0 Å². The molecule has 0 aliphatic heterocycles. The van der Waals surface area contributed by atoms with Gasteiger partial charge in [-0.3, -0.25) is 13.9 Å². The number of carbonyl (C=O) groups excluding carboxylic acids is 2. The molecule has 7 nitrogen and oxygen atoms in total. The molecule has 3 rings (SSSR count). The molecule has 0 aromatic heterocycles. The number of ketones is 1. The molecule has 1 N–H and O–H groups in total. The Bertz CT molecular complexity index is 1310. The van der Waals surface area contributed by atoms with Crippen LogP contribution < -0.4 is 14.4 Å². The first kappa shape index (κ1) is 26.0. The molecule has 0 aliphatic rings. The molecule has 3 aromatic rings. The first-order valence-corrected chi connectivity index (χ1v) is 12.9. The number of sulfonamides is 1. The van der Waals surface area contributed by atoms with E-state index in [1.165, 1.54) is 7.11 Å². The van der Waals surface area contributed by atoms with Crippen molar-refractivity contribution in [3.05, 3.63) is 89.5 Å². The molecule has 0 spiro atoms. The maximum Gasteiger partial charge on any atom is 0.245 e. The minimum Gasteiger partial charge on any atom is -0.497 e.